The molecule has 21 heavy (non-hydrogen) atoms. The van der Waals surface area contributed by atoms with Gasteiger partial charge in [-0.15, -0.1) is 0 Å². The van der Waals surface area contributed by atoms with Crippen molar-refractivity contribution in [3.63, 3.8) is 0 Å². The molecule has 0 radical (unpaired) electrons. The van der Waals surface area contributed by atoms with Crippen LogP contribution in [0.1, 0.15) is 11.1 Å². The van der Waals surface area contributed by atoms with Gasteiger partial charge >= 0.3 is 0 Å². The Hall–Kier alpha value is -2.08. The molecule has 0 aliphatic heterocycles. The van der Waals surface area contributed by atoms with Crippen molar-refractivity contribution < 1.29 is 13.2 Å². The summed E-state index contributed by atoms with van der Waals surface area (Å²) < 4.78 is 30.0. The Balaban J connectivity index is 2.35. The predicted molar refractivity (Wildman–Crippen MR) is 84.2 cm³/mol. The largest absolute Gasteiger partial charge is 0.496 e. The maximum absolute atomic E-state index is 11.2. The van der Waals surface area contributed by atoms with Crippen LogP contribution in [0.4, 0.5) is 5.82 Å². The number of methoxy groups -OCH3 is 1. The normalized spacial score (nSPS) is 11.2. The first-order chi connectivity index (χ1) is 9.80. The predicted octanol–water partition coefficient (Wildman–Crippen LogP) is 2.75. The highest BCUT2D eigenvalue weighted by atomic mass is 32.2. The van der Waals surface area contributed by atoms with Gasteiger partial charge in [-0.2, -0.15) is 0 Å². The Bertz CT molecular complexity index is 730. The lowest BCUT2D eigenvalue weighted by Gasteiger charge is -2.11. The summed E-state index contributed by atoms with van der Waals surface area (Å²) in [6.45, 7) is 3.98. The summed E-state index contributed by atoms with van der Waals surface area (Å²) in [5.74, 6) is 1.19. The number of benzene rings is 1. The highest BCUT2D eigenvalue weighted by molar-refractivity contribution is 7.92. The monoisotopic (exact) mass is 306 g/mol. The lowest BCUT2D eigenvalue weighted by Crippen LogP contribution is -2.10. The van der Waals surface area contributed by atoms with Gasteiger partial charge in [0.25, 0.3) is 0 Å². The molecule has 0 saturated carbocycles. The van der Waals surface area contributed by atoms with Crippen LogP contribution >= 0.6 is 0 Å². The molecule has 5 nitrogen and oxygen atoms in total. The van der Waals surface area contributed by atoms with Crippen molar-refractivity contribution in [1.29, 1.82) is 0 Å². The number of nitrogens with zero attached hydrogens (tertiary/aromatic N) is 1. The quantitative estimate of drug-likeness (QED) is 0.943. The lowest BCUT2D eigenvalue weighted by molar-refractivity contribution is 0.408. The molecule has 0 aliphatic rings. The average Bonchev–Trinajstić information content (AvgIpc) is 2.37. The Morgan fingerprint density at radius 2 is 1.71 bits per heavy atom. The number of sulfonamides is 1. The van der Waals surface area contributed by atoms with Crippen LogP contribution in [0.15, 0.2) is 30.5 Å². The summed E-state index contributed by atoms with van der Waals surface area (Å²) in [5.41, 5.74) is 4.03. The third kappa shape index (κ3) is 3.72. The van der Waals surface area contributed by atoms with Crippen LogP contribution in [-0.2, 0) is 10.0 Å². The second kappa shape index (κ2) is 5.73. The Morgan fingerprint density at radius 1 is 1.10 bits per heavy atom. The average molecular weight is 306 g/mol. The molecular weight excluding hydrogens is 288 g/mol. The van der Waals surface area contributed by atoms with E-state index < -0.39 is 10.0 Å². The zero-order valence-electron chi connectivity index (χ0n) is 12.5. The summed E-state index contributed by atoms with van der Waals surface area (Å²) in [6.07, 6.45) is 2.74. The summed E-state index contributed by atoms with van der Waals surface area (Å²) in [5, 5.41) is 0. The van der Waals surface area contributed by atoms with Crippen LogP contribution in [0.5, 0.6) is 5.75 Å². The standard InChI is InChI=1S/C15H18N2O3S/c1-10-7-13(8-11(2)15(10)20-3)12-5-6-14(16-9-12)17-21(4,18)19/h5-9H,1-4H3,(H,16,17). The Kier molecular flexibility index (Phi) is 4.18. The fourth-order valence-electron chi connectivity index (χ4n) is 2.25. The summed E-state index contributed by atoms with van der Waals surface area (Å²) in [7, 11) is -1.65. The maximum atomic E-state index is 11.2. The lowest BCUT2D eigenvalue weighted by atomic mass is 10.0. The van der Waals surface area contributed by atoms with E-state index in [-0.39, 0.29) is 0 Å². The molecule has 0 amide bonds. The number of ether oxygens (including phenoxy) is 1. The van der Waals surface area contributed by atoms with Crippen molar-refractivity contribution >= 4 is 15.8 Å². The molecular formula is C15H18N2O3S. The number of aryl methyl sites for hydroxylation is 2. The fraction of sp³-hybridized carbons (Fsp3) is 0.267. The fourth-order valence-corrected chi connectivity index (χ4v) is 2.75. The smallest absolute Gasteiger partial charge is 0.230 e. The molecule has 0 atom stereocenters. The molecule has 0 saturated heterocycles. The van der Waals surface area contributed by atoms with Gasteiger partial charge in [-0.25, -0.2) is 13.4 Å². The van der Waals surface area contributed by atoms with Crippen molar-refractivity contribution in [1.82, 2.24) is 4.98 Å². The summed E-state index contributed by atoms with van der Waals surface area (Å²) in [4.78, 5) is 4.12. The number of hydrogen-bond donors (Lipinski definition) is 1. The Labute approximate surface area is 125 Å². The van der Waals surface area contributed by atoms with Crippen molar-refractivity contribution in [3.05, 3.63) is 41.6 Å². The molecule has 1 heterocycles. The van der Waals surface area contributed by atoms with Crippen LogP contribution in [0.3, 0.4) is 0 Å². The number of hydrogen-bond acceptors (Lipinski definition) is 4. The van der Waals surface area contributed by atoms with Crippen molar-refractivity contribution in [3.8, 4) is 16.9 Å². The van der Waals surface area contributed by atoms with Gasteiger partial charge in [0.1, 0.15) is 11.6 Å². The van der Waals surface area contributed by atoms with Gasteiger partial charge in [-0.1, -0.05) is 0 Å². The van der Waals surface area contributed by atoms with Gasteiger partial charge in [0.15, 0.2) is 0 Å². The minimum Gasteiger partial charge on any atom is -0.496 e. The van der Waals surface area contributed by atoms with Gasteiger partial charge in [0.2, 0.25) is 10.0 Å². The molecule has 2 aromatic rings. The SMILES string of the molecule is COc1c(C)cc(-c2ccc(NS(C)(=O)=O)nc2)cc1C. The molecule has 0 bridgehead atoms. The van der Waals surface area contributed by atoms with E-state index in [0.717, 1.165) is 34.3 Å². The highest BCUT2D eigenvalue weighted by Crippen LogP contribution is 2.29. The van der Waals surface area contributed by atoms with E-state index >= 15 is 0 Å². The van der Waals surface area contributed by atoms with Crippen LogP contribution in [0.25, 0.3) is 11.1 Å². The van der Waals surface area contributed by atoms with Gasteiger partial charge in [0, 0.05) is 11.8 Å². The molecule has 1 N–H and O–H groups in total. The van der Waals surface area contributed by atoms with Gasteiger partial charge < -0.3 is 4.74 Å². The van der Waals surface area contributed by atoms with E-state index in [9.17, 15) is 8.42 Å². The first-order valence-electron chi connectivity index (χ1n) is 6.39. The second-order valence-corrected chi connectivity index (χ2v) is 6.70. The van der Waals surface area contributed by atoms with E-state index in [2.05, 4.69) is 9.71 Å². The molecule has 1 aromatic heterocycles. The molecule has 0 unspecified atom stereocenters. The number of aromatic nitrogens is 1. The number of nitrogens with one attached hydrogen (secondary N) is 1. The number of pyridine rings is 1. The van der Waals surface area contributed by atoms with Crippen molar-refractivity contribution in [2.45, 2.75) is 13.8 Å². The van der Waals surface area contributed by atoms with E-state index in [4.69, 9.17) is 4.74 Å². The first kappa shape index (κ1) is 15.3. The molecule has 112 valence electrons. The second-order valence-electron chi connectivity index (χ2n) is 4.95. The van der Waals surface area contributed by atoms with E-state index in [1.807, 2.05) is 32.0 Å². The van der Waals surface area contributed by atoms with Gasteiger partial charge in [-0.3, -0.25) is 4.72 Å². The van der Waals surface area contributed by atoms with Crippen molar-refractivity contribution in [2.24, 2.45) is 0 Å². The van der Waals surface area contributed by atoms with Gasteiger partial charge in [-0.05, 0) is 54.8 Å². The van der Waals surface area contributed by atoms with E-state index in [1.54, 1.807) is 19.4 Å². The summed E-state index contributed by atoms with van der Waals surface area (Å²) >= 11 is 0. The zero-order valence-corrected chi connectivity index (χ0v) is 13.3. The molecule has 0 aliphatic carbocycles. The first-order valence-corrected chi connectivity index (χ1v) is 8.29. The van der Waals surface area contributed by atoms with Crippen molar-refractivity contribution in [2.75, 3.05) is 18.1 Å². The molecule has 0 spiro atoms. The highest BCUT2D eigenvalue weighted by Gasteiger charge is 2.08. The maximum Gasteiger partial charge on any atom is 0.230 e. The minimum absolute atomic E-state index is 0.309. The van der Waals surface area contributed by atoms with Crippen LogP contribution in [0.2, 0.25) is 0 Å². The number of rotatable bonds is 4. The van der Waals surface area contributed by atoms with Crippen LogP contribution < -0.4 is 9.46 Å². The molecule has 0 fully saturated rings. The minimum atomic E-state index is -3.31. The Morgan fingerprint density at radius 3 is 2.14 bits per heavy atom. The van der Waals surface area contributed by atoms with E-state index in [0.29, 0.717) is 5.82 Å². The molecule has 2 rings (SSSR count). The van der Waals surface area contributed by atoms with Crippen LogP contribution in [0, 0.1) is 13.8 Å². The van der Waals surface area contributed by atoms with E-state index in [1.165, 1.54) is 0 Å². The van der Waals surface area contributed by atoms with Crippen LogP contribution in [-0.4, -0.2) is 26.8 Å². The molecule has 1 aromatic carbocycles. The molecule has 6 heteroatoms. The third-order valence-corrected chi connectivity index (χ3v) is 3.63. The zero-order chi connectivity index (χ0) is 15.6. The summed E-state index contributed by atoms with van der Waals surface area (Å²) in [6, 6.07) is 7.52. The topological polar surface area (TPSA) is 68.3 Å². The van der Waals surface area contributed by atoms with Gasteiger partial charge in [0.05, 0.1) is 13.4 Å². The number of anilines is 1. The third-order valence-electron chi connectivity index (χ3n) is 3.05.